The van der Waals surface area contributed by atoms with E-state index in [1.54, 1.807) is 16.6 Å². The van der Waals surface area contributed by atoms with E-state index in [2.05, 4.69) is 20.9 Å². The maximum atomic E-state index is 12.6. The van der Waals surface area contributed by atoms with Gasteiger partial charge in [-0.2, -0.15) is 4.31 Å². The van der Waals surface area contributed by atoms with E-state index in [4.69, 9.17) is 0 Å². The third-order valence-corrected chi connectivity index (χ3v) is 5.69. The standard InChI is InChI=1S/C12H17BrN2O2S/c1-10-5-3-2-4-6-15(10)18(16,17)12-7-11(13)8-14-9-12/h7-10H,2-6H2,1H3. The van der Waals surface area contributed by atoms with Crippen LogP contribution in [-0.2, 0) is 10.0 Å². The van der Waals surface area contributed by atoms with E-state index >= 15 is 0 Å². The highest BCUT2D eigenvalue weighted by Crippen LogP contribution is 2.25. The highest BCUT2D eigenvalue weighted by Gasteiger charge is 2.30. The van der Waals surface area contributed by atoms with E-state index in [0.717, 1.165) is 25.7 Å². The zero-order chi connectivity index (χ0) is 13.2. The SMILES string of the molecule is CC1CCCCCN1S(=O)(=O)c1cncc(Br)c1. The normalized spacial score (nSPS) is 22.7. The molecule has 18 heavy (non-hydrogen) atoms. The first kappa shape index (κ1) is 14.0. The van der Waals surface area contributed by atoms with Gasteiger partial charge in [0, 0.05) is 29.5 Å². The minimum absolute atomic E-state index is 0.0662. The van der Waals surface area contributed by atoms with Gasteiger partial charge in [0.05, 0.1) is 0 Å². The minimum atomic E-state index is -3.42. The van der Waals surface area contributed by atoms with Gasteiger partial charge in [-0.25, -0.2) is 8.42 Å². The van der Waals surface area contributed by atoms with Crippen molar-refractivity contribution in [3.8, 4) is 0 Å². The number of rotatable bonds is 2. The van der Waals surface area contributed by atoms with Crippen molar-refractivity contribution in [3.05, 3.63) is 22.9 Å². The Bertz CT molecular complexity index is 519. The van der Waals surface area contributed by atoms with E-state index in [0.29, 0.717) is 11.0 Å². The lowest BCUT2D eigenvalue weighted by molar-refractivity contribution is 0.342. The van der Waals surface area contributed by atoms with Gasteiger partial charge >= 0.3 is 0 Å². The van der Waals surface area contributed by atoms with E-state index in [1.165, 1.54) is 6.20 Å². The molecule has 1 aromatic heterocycles. The van der Waals surface area contributed by atoms with Crippen LogP contribution in [0.4, 0.5) is 0 Å². The van der Waals surface area contributed by atoms with Crippen LogP contribution in [0.2, 0.25) is 0 Å². The summed E-state index contributed by atoms with van der Waals surface area (Å²) < 4.78 is 27.4. The van der Waals surface area contributed by atoms with Crippen LogP contribution in [0.1, 0.15) is 32.6 Å². The first-order chi connectivity index (χ1) is 8.51. The predicted octanol–water partition coefficient (Wildman–Crippen LogP) is 2.80. The van der Waals surface area contributed by atoms with Crippen molar-refractivity contribution in [2.45, 2.75) is 43.5 Å². The molecule has 0 N–H and O–H groups in total. The molecule has 0 radical (unpaired) electrons. The highest BCUT2D eigenvalue weighted by molar-refractivity contribution is 9.10. The van der Waals surface area contributed by atoms with Crippen molar-refractivity contribution in [3.63, 3.8) is 0 Å². The Kier molecular flexibility index (Phi) is 4.40. The summed E-state index contributed by atoms with van der Waals surface area (Å²) in [6, 6.07) is 1.68. The zero-order valence-corrected chi connectivity index (χ0v) is 12.7. The molecule has 0 amide bonds. The van der Waals surface area contributed by atoms with Gasteiger partial charge in [0.1, 0.15) is 4.90 Å². The maximum Gasteiger partial charge on any atom is 0.244 e. The van der Waals surface area contributed by atoms with E-state index < -0.39 is 10.0 Å². The van der Waals surface area contributed by atoms with Crippen molar-refractivity contribution < 1.29 is 8.42 Å². The first-order valence-electron chi connectivity index (χ1n) is 6.14. The minimum Gasteiger partial charge on any atom is -0.262 e. The molecule has 100 valence electrons. The van der Waals surface area contributed by atoms with Crippen LogP contribution in [0.3, 0.4) is 0 Å². The summed E-state index contributed by atoms with van der Waals surface area (Å²) in [4.78, 5) is 4.21. The molecule has 0 saturated carbocycles. The van der Waals surface area contributed by atoms with Gasteiger partial charge in [0.25, 0.3) is 0 Å². The second kappa shape index (κ2) is 5.67. The van der Waals surface area contributed by atoms with Gasteiger partial charge in [0.2, 0.25) is 10.0 Å². The molecule has 1 unspecified atom stereocenters. The van der Waals surface area contributed by atoms with Crippen molar-refractivity contribution in [2.24, 2.45) is 0 Å². The number of aromatic nitrogens is 1. The van der Waals surface area contributed by atoms with Crippen LogP contribution in [-0.4, -0.2) is 30.3 Å². The fourth-order valence-corrected chi connectivity index (χ4v) is 4.48. The summed E-state index contributed by atoms with van der Waals surface area (Å²) >= 11 is 3.26. The molecule has 0 spiro atoms. The number of halogens is 1. The summed E-state index contributed by atoms with van der Waals surface area (Å²) in [6.45, 7) is 2.59. The van der Waals surface area contributed by atoms with E-state index in [9.17, 15) is 8.42 Å². The molecular weight excluding hydrogens is 316 g/mol. The summed E-state index contributed by atoms with van der Waals surface area (Å²) in [7, 11) is -3.42. The zero-order valence-electron chi connectivity index (χ0n) is 10.3. The highest BCUT2D eigenvalue weighted by atomic mass is 79.9. The van der Waals surface area contributed by atoms with Gasteiger partial charge in [-0.3, -0.25) is 4.98 Å². The Labute approximate surface area is 117 Å². The third-order valence-electron chi connectivity index (χ3n) is 3.28. The summed E-state index contributed by atoms with van der Waals surface area (Å²) in [5, 5.41) is 0. The molecule has 4 nitrogen and oxygen atoms in total. The Morgan fingerprint density at radius 1 is 1.33 bits per heavy atom. The molecule has 1 aromatic rings. The van der Waals surface area contributed by atoms with Crippen LogP contribution in [0, 0.1) is 0 Å². The fourth-order valence-electron chi connectivity index (χ4n) is 2.27. The maximum absolute atomic E-state index is 12.6. The molecule has 1 fully saturated rings. The summed E-state index contributed by atoms with van der Waals surface area (Å²) in [5.74, 6) is 0. The number of nitrogens with zero attached hydrogens (tertiary/aromatic N) is 2. The van der Waals surface area contributed by atoms with Gasteiger partial charge in [-0.1, -0.05) is 12.8 Å². The van der Waals surface area contributed by atoms with Crippen LogP contribution in [0.25, 0.3) is 0 Å². The largest absolute Gasteiger partial charge is 0.262 e. The van der Waals surface area contributed by atoms with Crippen molar-refractivity contribution in [2.75, 3.05) is 6.54 Å². The number of hydrogen-bond donors (Lipinski definition) is 0. The molecule has 1 aliphatic heterocycles. The molecule has 2 rings (SSSR count). The van der Waals surface area contributed by atoms with Crippen LogP contribution in [0.15, 0.2) is 27.8 Å². The van der Waals surface area contributed by atoms with Crippen LogP contribution >= 0.6 is 15.9 Å². The van der Waals surface area contributed by atoms with E-state index in [1.807, 2.05) is 6.92 Å². The Hall–Kier alpha value is -0.460. The molecule has 6 heteroatoms. The lowest BCUT2D eigenvalue weighted by Gasteiger charge is -2.26. The monoisotopic (exact) mass is 332 g/mol. The molecular formula is C12H17BrN2O2S. The molecule has 0 aliphatic carbocycles. The number of sulfonamides is 1. The van der Waals surface area contributed by atoms with Crippen molar-refractivity contribution >= 4 is 26.0 Å². The van der Waals surface area contributed by atoms with Crippen molar-refractivity contribution in [1.82, 2.24) is 9.29 Å². The first-order valence-corrected chi connectivity index (χ1v) is 8.37. The molecule has 2 heterocycles. The third kappa shape index (κ3) is 2.92. The molecule has 0 aromatic carbocycles. The van der Waals surface area contributed by atoms with Gasteiger partial charge < -0.3 is 0 Å². The molecule has 1 aliphatic rings. The Morgan fingerprint density at radius 2 is 2.11 bits per heavy atom. The summed E-state index contributed by atoms with van der Waals surface area (Å²) in [5.41, 5.74) is 0. The van der Waals surface area contributed by atoms with Gasteiger partial charge in [-0.05, 0) is 41.8 Å². The van der Waals surface area contributed by atoms with Crippen molar-refractivity contribution in [1.29, 1.82) is 0 Å². The Balaban J connectivity index is 2.35. The van der Waals surface area contributed by atoms with Gasteiger partial charge in [-0.15, -0.1) is 0 Å². The Morgan fingerprint density at radius 3 is 2.83 bits per heavy atom. The average Bonchev–Trinajstić information content (AvgIpc) is 2.54. The lowest BCUT2D eigenvalue weighted by Crippen LogP contribution is -2.38. The number of hydrogen-bond acceptors (Lipinski definition) is 3. The van der Waals surface area contributed by atoms with E-state index in [-0.39, 0.29) is 10.9 Å². The molecule has 1 saturated heterocycles. The molecule has 1 atom stereocenters. The summed E-state index contributed by atoms with van der Waals surface area (Å²) in [6.07, 6.45) is 7.07. The topological polar surface area (TPSA) is 50.3 Å². The second-order valence-electron chi connectivity index (χ2n) is 4.65. The second-order valence-corrected chi connectivity index (χ2v) is 7.46. The fraction of sp³-hybridized carbons (Fsp3) is 0.583. The predicted molar refractivity (Wildman–Crippen MR) is 73.8 cm³/mol. The number of pyridine rings is 1. The smallest absolute Gasteiger partial charge is 0.244 e. The quantitative estimate of drug-likeness (QED) is 0.836. The average molecular weight is 333 g/mol. The van der Waals surface area contributed by atoms with Gasteiger partial charge in [0.15, 0.2) is 0 Å². The van der Waals surface area contributed by atoms with Crippen LogP contribution in [0.5, 0.6) is 0 Å². The molecule has 0 bridgehead atoms. The van der Waals surface area contributed by atoms with Crippen LogP contribution < -0.4 is 0 Å². The lowest BCUT2D eigenvalue weighted by atomic mass is 10.1.